The van der Waals surface area contributed by atoms with E-state index in [1.807, 2.05) is 0 Å². The van der Waals surface area contributed by atoms with Crippen LogP contribution in [0.2, 0.25) is 15.1 Å². The van der Waals surface area contributed by atoms with Crippen molar-refractivity contribution in [1.82, 2.24) is 16.2 Å². The highest BCUT2D eigenvalue weighted by Gasteiger charge is 2.38. The lowest BCUT2D eigenvalue weighted by Crippen LogP contribution is -2.49. The van der Waals surface area contributed by atoms with Crippen LogP contribution in [0.15, 0.2) is 36.4 Å². The third kappa shape index (κ3) is 9.11. The lowest BCUT2D eigenvalue weighted by molar-refractivity contribution is -0.138. The summed E-state index contributed by atoms with van der Waals surface area (Å²) < 4.78 is 121. The molecule has 0 heterocycles. The average molecular weight is 631 g/mol. The topological polar surface area (TPSA) is 70.2 Å². The van der Waals surface area contributed by atoms with E-state index in [1.165, 1.54) is 16.2 Å². The maximum absolute atomic E-state index is 15.0. The van der Waals surface area contributed by atoms with Crippen molar-refractivity contribution in [3.8, 4) is 0 Å². The predicted octanol–water partition coefficient (Wildman–Crippen LogP) is 7.92. The van der Waals surface area contributed by atoms with Crippen molar-refractivity contribution >= 4 is 52.6 Å². The van der Waals surface area contributed by atoms with Gasteiger partial charge >= 0.3 is 18.4 Å². The molecule has 0 aliphatic rings. The van der Waals surface area contributed by atoms with Crippen molar-refractivity contribution in [1.29, 1.82) is 0 Å². The summed E-state index contributed by atoms with van der Waals surface area (Å²) in [4.78, 5) is 23.5. The quantitative estimate of drug-likeness (QED) is 0.172. The molecule has 3 amide bonds. The van der Waals surface area contributed by atoms with E-state index in [2.05, 4.69) is 0 Å². The highest BCUT2D eigenvalue weighted by atomic mass is 35.5. The van der Waals surface area contributed by atoms with Gasteiger partial charge in [0.2, 0.25) is 0 Å². The van der Waals surface area contributed by atoms with E-state index >= 15 is 4.39 Å². The molecule has 1 atom stereocenters. The molecular formula is C22H15Cl3F9N3O2. The van der Waals surface area contributed by atoms with Crippen molar-refractivity contribution in [3.05, 3.63) is 73.7 Å². The number of benzene rings is 2. The summed E-state index contributed by atoms with van der Waals surface area (Å²) in [5, 5.41) is 0.655. The zero-order chi connectivity index (χ0) is 29.9. The molecule has 17 heteroatoms. The zero-order valence-electron chi connectivity index (χ0n) is 19.1. The van der Waals surface area contributed by atoms with Crippen molar-refractivity contribution in [2.45, 2.75) is 31.1 Å². The van der Waals surface area contributed by atoms with Crippen molar-refractivity contribution in [3.63, 3.8) is 0 Å². The third-order valence-corrected chi connectivity index (χ3v) is 6.01. The van der Waals surface area contributed by atoms with Gasteiger partial charge < -0.3 is 5.32 Å². The first-order valence-electron chi connectivity index (χ1n) is 10.2. The first-order chi connectivity index (χ1) is 17.7. The molecule has 3 N–H and O–H groups in total. The van der Waals surface area contributed by atoms with E-state index in [0.717, 1.165) is 12.1 Å². The smallest absolute Gasteiger partial charge is 0.328 e. The van der Waals surface area contributed by atoms with Gasteiger partial charge in [-0.2, -0.15) is 26.3 Å². The Bertz CT molecular complexity index is 1250. The molecule has 39 heavy (non-hydrogen) atoms. The highest BCUT2D eigenvalue weighted by molar-refractivity contribution is 6.48. The van der Waals surface area contributed by atoms with Crippen LogP contribution in [0, 0.1) is 0 Å². The number of halogens is 12. The fraction of sp³-hybridized carbons (Fsp3) is 0.273. The van der Waals surface area contributed by atoms with Crippen molar-refractivity contribution in [2.24, 2.45) is 0 Å². The summed E-state index contributed by atoms with van der Waals surface area (Å²) in [5.41, 5.74) is -1.16. The number of amides is 3. The van der Waals surface area contributed by atoms with Crippen LogP contribution in [-0.2, 0) is 6.18 Å². The van der Waals surface area contributed by atoms with Gasteiger partial charge in [-0.3, -0.25) is 10.2 Å². The van der Waals surface area contributed by atoms with Gasteiger partial charge in [0, 0.05) is 12.5 Å². The molecule has 0 bridgehead atoms. The predicted molar refractivity (Wildman–Crippen MR) is 125 cm³/mol. The molecule has 0 saturated heterocycles. The molecule has 1 unspecified atom stereocenters. The minimum Gasteiger partial charge on any atom is -0.328 e. The number of carbonyl (C=O) groups excluding carboxylic acids is 2. The molecule has 2 aromatic rings. The number of allylic oxidation sites excluding steroid dienone is 1. The third-order valence-electron chi connectivity index (χ3n) is 4.81. The fourth-order valence-corrected chi connectivity index (χ4v) is 3.68. The molecule has 0 aliphatic heterocycles. The standard InChI is InChI=1S/C22H15Cl3F9N3O2/c1-20(27,28)12(10-5-14(23)17(25)15(24)6-10)7-16(26)9-2-3-11(13(4-9)22(32,33)34)18(38)36-37-19(39)35-8-21(29,30)31/h2-7,12H,8H2,1H3,(H,36,38)(H2,35,37,39). The van der Waals surface area contributed by atoms with Gasteiger partial charge in [0.05, 0.1) is 32.1 Å². The Balaban J connectivity index is 2.41. The molecule has 2 rings (SSSR count). The van der Waals surface area contributed by atoms with Crippen LogP contribution in [0.1, 0.15) is 39.9 Å². The number of hydrogen-bond acceptors (Lipinski definition) is 2. The second-order valence-corrected chi connectivity index (χ2v) is 9.07. The van der Waals surface area contributed by atoms with Gasteiger partial charge in [0.25, 0.3) is 11.8 Å². The second kappa shape index (κ2) is 12.1. The van der Waals surface area contributed by atoms with E-state index in [0.29, 0.717) is 25.1 Å². The molecule has 0 radical (unpaired) electrons. The number of nitrogens with one attached hydrogen (secondary N) is 3. The van der Waals surface area contributed by atoms with Crippen LogP contribution < -0.4 is 16.2 Å². The van der Waals surface area contributed by atoms with Crippen molar-refractivity contribution < 1.29 is 49.1 Å². The maximum atomic E-state index is 15.0. The molecule has 0 aliphatic carbocycles. The van der Waals surface area contributed by atoms with Gasteiger partial charge in [0.15, 0.2) is 0 Å². The highest BCUT2D eigenvalue weighted by Crippen LogP contribution is 2.42. The minimum absolute atomic E-state index is 0.150. The molecule has 0 aromatic heterocycles. The molecule has 0 spiro atoms. The monoisotopic (exact) mass is 629 g/mol. The lowest BCUT2D eigenvalue weighted by atomic mass is 9.91. The Morgan fingerprint density at radius 3 is 1.97 bits per heavy atom. The largest absolute Gasteiger partial charge is 0.417 e. The Kier molecular flexibility index (Phi) is 10.1. The second-order valence-electron chi connectivity index (χ2n) is 7.88. The lowest BCUT2D eigenvalue weighted by Gasteiger charge is -2.22. The summed E-state index contributed by atoms with van der Waals surface area (Å²) in [5.74, 6) is -8.89. The SMILES string of the molecule is CC(F)(F)C(C=C(F)c1ccc(C(=O)NNC(=O)NCC(F)(F)F)c(C(F)(F)F)c1)c1cc(Cl)c(Cl)c(Cl)c1. The maximum Gasteiger partial charge on any atom is 0.417 e. The number of hydrogen-bond donors (Lipinski definition) is 3. The number of rotatable bonds is 6. The van der Waals surface area contributed by atoms with E-state index in [4.69, 9.17) is 34.8 Å². The number of hydrazine groups is 1. The van der Waals surface area contributed by atoms with Crippen LogP contribution in [0.25, 0.3) is 5.83 Å². The normalized spacial score (nSPS) is 13.6. The van der Waals surface area contributed by atoms with E-state index < -0.39 is 65.2 Å². The van der Waals surface area contributed by atoms with Gasteiger partial charge in [-0.1, -0.05) is 40.9 Å². The molecule has 0 fully saturated rings. The number of urea groups is 1. The van der Waals surface area contributed by atoms with Gasteiger partial charge in [-0.25, -0.2) is 23.4 Å². The summed E-state index contributed by atoms with van der Waals surface area (Å²) in [7, 11) is 0. The Hall–Kier alpha value is -2.84. The van der Waals surface area contributed by atoms with Gasteiger partial charge in [-0.05, 0) is 35.9 Å². The van der Waals surface area contributed by atoms with Gasteiger partial charge in [-0.15, -0.1) is 0 Å². The van der Waals surface area contributed by atoms with Gasteiger partial charge in [0.1, 0.15) is 12.4 Å². The molecule has 0 saturated carbocycles. The van der Waals surface area contributed by atoms with E-state index in [9.17, 15) is 44.7 Å². The molecule has 2 aromatic carbocycles. The summed E-state index contributed by atoms with van der Waals surface area (Å²) in [6.45, 7) is -1.38. The molecule has 5 nitrogen and oxygen atoms in total. The van der Waals surface area contributed by atoms with Crippen LogP contribution in [0.3, 0.4) is 0 Å². The van der Waals surface area contributed by atoms with Crippen LogP contribution in [-0.4, -0.2) is 30.6 Å². The first-order valence-corrected chi connectivity index (χ1v) is 11.4. The Labute approximate surface area is 229 Å². The van der Waals surface area contributed by atoms with Crippen LogP contribution >= 0.6 is 34.8 Å². The zero-order valence-corrected chi connectivity index (χ0v) is 21.4. The number of carbonyl (C=O) groups is 2. The summed E-state index contributed by atoms with van der Waals surface area (Å²) in [6, 6.07) is 1.66. The Morgan fingerprint density at radius 1 is 0.923 bits per heavy atom. The fourth-order valence-electron chi connectivity index (χ4n) is 3.06. The van der Waals surface area contributed by atoms with E-state index in [-0.39, 0.29) is 26.7 Å². The summed E-state index contributed by atoms with van der Waals surface area (Å²) >= 11 is 17.5. The molecule has 214 valence electrons. The first kappa shape index (κ1) is 32.4. The van der Waals surface area contributed by atoms with Crippen LogP contribution in [0.4, 0.5) is 44.3 Å². The summed E-state index contributed by atoms with van der Waals surface area (Å²) in [6.07, 6.45) is -9.75. The molecular weight excluding hydrogens is 616 g/mol. The Morgan fingerprint density at radius 2 is 1.49 bits per heavy atom. The average Bonchev–Trinajstić information content (AvgIpc) is 2.80. The number of alkyl halides is 8. The van der Waals surface area contributed by atoms with Crippen molar-refractivity contribution in [2.75, 3.05) is 6.54 Å². The minimum atomic E-state index is -5.28. The van der Waals surface area contributed by atoms with Crippen LogP contribution in [0.5, 0.6) is 0 Å². The van der Waals surface area contributed by atoms with E-state index in [1.54, 1.807) is 0 Å².